The van der Waals surface area contributed by atoms with Gasteiger partial charge in [0.25, 0.3) is 0 Å². The first-order valence-electron chi connectivity index (χ1n) is 7.29. The smallest absolute Gasteiger partial charge is 0.0750 e. The highest BCUT2D eigenvalue weighted by atomic mass is 16.5. The fraction of sp³-hybridized carbons (Fsp3) is 0.667. The van der Waals surface area contributed by atoms with E-state index in [4.69, 9.17) is 4.74 Å². The van der Waals surface area contributed by atoms with E-state index >= 15 is 0 Å². The molecule has 19 heavy (non-hydrogen) atoms. The van der Waals surface area contributed by atoms with E-state index in [9.17, 15) is 0 Å². The van der Waals surface area contributed by atoms with Gasteiger partial charge in [-0.25, -0.2) is 0 Å². The van der Waals surface area contributed by atoms with Gasteiger partial charge in [-0.1, -0.05) is 6.92 Å². The standard InChI is InChI=1S/C15H25N3O/c1-3-9-19-14-5-4-8-18(12-14)15-11-17-7-6-13(15)10-16-2/h6-7,11,14,16H,3-5,8-10,12H2,1-2H3. The molecule has 1 aliphatic heterocycles. The van der Waals surface area contributed by atoms with Crippen molar-refractivity contribution in [1.82, 2.24) is 10.3 Å². The second-order valence-electron chi connectivity index (χ2n) is 5.12. The molecule has 1 aromatic heterocycles. The topological polar surface area (TPSA) is 37.4 Å². The lowest BCUT2D eigenvalue weighted by Gasteiger charge is -2.35. The lowest BCUT2D eigenvalue weighted by atomic mass is 10.1. The molecule has 0 radical (unpaired) electrons. The van der Waals surface area contributed by atoms with Gasteiger partial charge in [-0.3, -0.25) is 4.98 Å². The second-order valence-corrected chi connectivity index (χ2v) is 5.12. The fourth-order valence-corrected chi connectivity index (χ4v) is 2.62. The third-order valence-electron chi connectivity index (χ3n) is 3.53. The number of hydrogen-bond donors (Lipinski definition) is 1. The molecule has 0 aromatic carbocycles. The Morgan fingerprint density at radius 1 is 1.53 bits per heavy atom. The Bertz CT molecular complexity index is 383. The summed E-state index contributed by atoms with van der Waals surface area (Å²) < 4.78 is 5.91. The predicted octanol–water partition coefficient (Wildman–Crippen LogP) is 2.20. The van der Waals surface area contributed by atoms with Crippen molar-refractivity contribution in [2.24, 2.45) is 0 Å². The average molecular weight is 263 g/mol. The lowest BCUT2D eigenvalue weighted by molar-refractivity contribution is 0.0440. The molecule has 0 amide bonds. The number of nitrogens with one attached hydrogen (secondary N) is 1. The monoisotopic (exact) mass is 263 g/mol. The summed E-state index contributed by atoms with van der Waals surface area (Å²) in [6.45, 7) is 6.01. The van der Waals surface area contributed by atoms with Crippen molar-refractivity contribution in [2.75, 3.05) is 31.6 Å². The molecule has 1 N–H and O–H groups in total. The first-order chi connectivity index (χ1) is 9.35. The Balaban J connectivity index is 2.04. The summed E-state index contributed by atoms with van der Waals surface area (Å²) in [4.78, 5) is 6.70. The minimum atomic E-state index is 0.372. The van der Waals surface area contributed by atoms with Gasteiger partial charge < -0.3 is 15.0 Å². The number of nitrogens with zero attached hydrogens (tertiary/aromatic N) is 2. The molecule has 106 valence electrons. The van der Waals surface area contributed by atoms with Crippen LogP contribution in [0.4, 0.5) is 5.69 Å². The van der Waals surface area contributed by atoms with E-state index in [0.29, 0.717) is 6.10 Å². The van der Waals surface area contributed by atoms with Crippen LogP contribution >= 0.6 is 0 Å². The zero-order valence-electron chi connectivity index (χ0n) is 12.1. The van der Waals surface area contributed by atoms with E-state index in [-0.39, 0.29) is 0 Å². The van der Waals surface area contributed by atoms with Crippen molar-refractivity contribution in [3.05, 3.63) is 24.0 Å². The Labute approximate surface area is 116 Å². The van der Waals surface area contributed by atoms with Gasteiger partial charge in [-0.15, -0.1) is 0 Å². The van der Waals surface area contributed by atoms with Crippen molar-refractivity contribution in [3.63, 3.8) is 0 Å². The van der Waals surface area contributed by atoms with Crippen LogP contribution in [0.3, 0.4) is 0 Å². The maximum Gasteiger partial charge on any atom is 0.0750 e. The van der Waals surface area contributed by atoms with Crippen LogP contribution in [0.5, 0.6) is 0 Å². The number of pyridine rings is 1. The van der Waals surface area contributed by atoms with Gasteiger partial charge in [0.15, 0.2) is 0 Å². The van der Waals surface area contributed by atoms with E-state index in [1.807, 2.05) is 19.4 Å². The van der Waals surface area contributed by atoms with Crippen molar-refractivity contribution in [2.45, 2.75) is 38.8 Å². The van der Waals surface area contributed by atoms with Gasteiger partial charge in [-0.05, 0) is 37.9 Å². The molecule has 0 spiro atoms. The average Bonchev–Trinajstić information content (AvgIpc) is 2.46. The maximum atomic E-state index is 5.91. The van der Waals surface area contributed by atoms with Crippen molar-refractivity contribution >= 4 is 5.69 Å². The highest BCUT2D eigenvalue weighted by Gasteiger charge is 2.22. The molecule has 4 nitrogen and oxygen atoms in total. The molecule has 1 saturated heterocycles. The summed E-state index contributed by atoms with van der Waals surface area (Å²) in [5.41, 5.74) is 2.57. The van der Waals surface area contributed by atoms with Gasteiger partial charge in [0, 0.05) is 32.4 Å². The zero-order valence-corrected chi connectivity index (χ0v) is 12.1. The number of ether oxygens (including phenoxy) is 1. The molecule has 1 aromatic rings. The minimum absolute atomic E-state index is 0.372. The fourth-order valence-electron chi connectivity index (χ4n) is 2.62. The normalized spacial score (nSPS) is 19.7. The van der Waals surface area contributed by atoms with Crippen molar-refractivity contribution in [3.8, 4) is 0 Å². The molecule has 1 atom stereocenters. The third kappa shape index (κ3) is 3.91. The zero-order chi connectivity index (χ0) is 13.5. The predicted molar refractivity (Wildman–Crippen MR) is 78.5 cm³/mol. The minimum Gasteiger partial charge on any atom is -0.376 e. The van der Waals surface area contributed by atoms with Crippen LogP contribution in [0, 0.1) is 0 Å². The Kier molecular flexibility index (Phi) is 5.61. The van der Waals surface area contributed by atoms with Crippen molar-refractivity contribution in [1.29, 1.82) is 0 Å². The molecule has 2 heterocycles. The largest absolute Gasteiger partial charge is 0.376 e. The summed E-state index contributed by atoms with van der Waals surface area (Å²) in [5.74, 6) is 0. The third-order valence-corrected chi connectivity index (χ3v) is 3.53. The van der Waals surface area contributed by atoms with E-state index < -0.39 is 0 Å². The highest BCUT2D eigenvalue weighted by Crippen LogP contribution is 2.24. The van der Waals surface area contributed by atoms with Gasteiger partial charge in [0.05, 0.1) is 18.0 Å². The van der Waals surface area contributed by atoms with Gasteiger partial charge >= 0.3 is 0 Å². The van der Waals surface area contributed by atoms with Crippen LogP contribution in [0.15, 0.2) is 18.5 Å². The van der Waals surface area contributed by atoms with Crippen LogP contribution < -0.4 is 10.2 Å². The molecule has 1 unspecified atom stereocenters. The highest BCUT2D eigenvalue weighted by molar-refractivity contribution is 5.52. The molecule has 2 rings (SSSR count). The van der Waals surface area contributed by atoms with Crippen LogP contribution in [-0.2, 0) is 11.3 Å². The number of anilines is 1. The Hall–Kier alpha value is -1.13. The van der Waals surface area contributed by atoms with E-state index in [0.717, 1.165) is 32.7 Å². The van der Waals surface area contributed by atoms with E-state index in [1.165, 1.54) is 24.1 Å². The first-order valence-corrected chi connectivity index (χ1v) is 7.29. The summed E-state index contributed by atoms with van der Waals surface area (Å²) in [7, 11) is 1.98. The summed E-state index contributed by atoms with van der Waals surface area (Å²) in [5, 5.41) is 3.22. The van der Waals surface area contributed by atoms with Crippen molar-refractivity contribution < 1.29 is 4.74 Å². The SMILES string of the molecule is CCCOC1CCCN(c2cnccc2CNC)C1. The molecule has 0 saturated carbocycles. The Morgan fingerprint density at radius 3 is 3.21 bits per heavy atom. The number of piperidine rings is 1. The first kappa shape index (κ1) is 14.3. The maximum absolute atomic E-state index is 5.91. The summed E-state index contributed by atoms with van der Waals surface area (Å²) in [6.07, 6.45) is 7.69. The molecule has 0 aliphatic carbocycles. The number of hydrogen-bond acceptors (Lipinski definition) is 4. The number of rotatable bonds is 6. The molecule has 1 aliphatic rings. The van der Waals surface area contributed by atoms with Crippen LogP contribution in [-0.4, -0.2) is 37.8 Å². The molecule has 4 heteroatoms. The van der Waals surface area contributed by atoms with Crippen LogP contribution in [0.1, 0.15) is 31.7 Å². The van der Waals surface area contributed by atoms with Gasteiger partial charge in [0.1, 0.15) is 0 Å². The van der Waals surface area contributed by atoms with Gasteiger partial charge in [-0.2, -0.15) is 0 Å². The van der Waals surface area contributed by atoms with E-state index in [1.54, 1.807) is 0 Å². The summed E-state index contributed by atoms with van der Waals surface area (Å²) in [6, 6.07) is 2.10. The quantitative estimate of drug-likeness (QED) is 0.854. The van der Waals surface area contributed by atoms with E-state index in [2.05, 4.69) is 28.2 Å². The second kappa shape index (κ2) is 7.46. The number of aromatic nitrogens is 1. The summed E-state index contributed by atoms with van der Waals surface area (Å²) >= 11 is 0. The molecular weight excluding hydrogens is 238 g/mol. The Morgan fingerprint density at radius 2 is 2.42 bits per heavy atom. The lowest BCUT2D eigenvalue weighted by Crippen LogP contribution is -2.40. The van der Waals surface area contributed by atoms with Crippen LogP contribution in [0.25, 0.3) is 0 Å². The molecular formula is C15H25N3O. The molecule has 1 fully saturated rings. The van der Waals surface area contributed by atoms with Crippen LogP contribution in [0.2, 0.25) is 0 Å². The molecule has 0 bridgehead atoms. The van der Waals surface area contributed by atoms with Gasteiger partial charge in [0.2, 0.25) is 0 Å².